The van der Waals surface area contributed by atoms with Gasteiger partial charge in [-0.25, -0.2) is 4.79 Å². The number of rotatable bonds is 11. The predicted octanol–water partition coefficient (Wildman–Crippen LogP) is 8.10. The highest BCUT2D eigenvalue weighted by Crippen LogP contribution is 2.37. The number of anilines is 2. The number of hydrogen-bond donors (Lipinski definition) is 3. The van der Waals surface area contributed by atoms with Crippen LogP contribution in [-0.4, -0.2) is 36.1 Å². The standard InChI is InChI=1S/C36H31N3O5S3/c1-22-14-16-24(17-15-22)29-21-46-35(31(29)36(43)44-3)39-32(40)23(2)47-28-12-7-11-26(19-28)37-34(42)30(20-27-13-8-18-45-27)38-33(41)25-9-5-4-6-10-25/h4-21,23H,1-3H3,(H,37,42)(H,38,41)(H,39,40)/b30-20-. The summed E-state index contributed by atoms with van der Waals surface area (Å²) in [6, 6.07) is 27.3. The van der Waals surface area contributed by atoms with Crippen molar-refractivity contribution in [1.82, 2.24) is 5.32 Å². The smallest absolute Gasteiger partial charge is 0.341 e. The number of carbonyl (C=O) groups is 4. The van der Waals surface area contributed by atoms with Crippen LogP contribution in [0.2, 0.25) is 0 Å². The normalized spacial score (nSPS) is 11.8. The van der Waals surface area contributed by atoms with Gasteiger partial charge in [0.05, 0.1) is 12.4 Å². The maximum Gasteiger partial charge on any atom is 0.341 e. The number of carbonyl (C=O) groups excluding carboxylic acids is 4. The fourth-order valence-electron chi connectivity index (χ4n) is 4.48. The number of nitrogens with one attached hydrogen (secondary N) is 3. The topological polar surface area (TPSA) is 114 Å². The van der Waals surface area contributed by atoms with E-state index in [1.807, 2.05) is 66.2 Å². The SMILES string of the molecule is COC(=O)c1c(-c2ccc(C)cc2)csc1NC(=O)C(C)Sc1cccc(NC(=O)/C(=C/c2cccs2)NC(=O)c2ccccc2)c1. The second-order valence-electron chi connectivity index (χ2n) is 10.3. The molecule has 47 heavy (non-hydrogen) atoms. The Balaban J connectivity index is 1.28. The van der Waals surface area contributed by atoms with Crippen molar-refractivity contribution >= 4 is 74.9 Å². The number of thioether (sulfide) groups is 1. The van der Waals surface area contributed by atoms with Crippen LogP contribution in [-0.2, 0) is 14.3 Å². The lowest BCUT2D eigenvalue weighted by molar-refractivity contribution is -0.115. The summed E-state index contributed by atoms with van der Waals surface area (Å²) in [6.07, 6.45) is 1.63. The molecule has 0 fully saturated rings. The van der Waals surface area contributed by atoms with Gasteiger partial charge in [0.1, 0.15) is 16.3 Å². The molecule has 0 aliphatic rings. The summed E-state index contributed by atoms with van der Waals surface area (Å²) in [6.45, 7) is 3.75. The summed E-state index contributed by atoms with van der Waals surface area (Å²) in [5.41, 5.74) is 3.95. The summed E-state index contributed by atoms with van der Waals surface area (Å²) >= 11 is 4.00. The molecule has 0 saturated carbocycles. The highest BCUT2D eigenvalue weighted by molar-refractivity contribution is 8.00. The molecule has 0 bridgehead atoms. The summed E-state index contributed by atoms with van der Waals surface area (Å²) < 4.78 is 5.04. The molecule has 5 rings (SSSR count). The van der Waals surface area contributed by atoms with Crippen LogP contribution >= 0.6 is 34.4 Å². The number of thiophene rings is 2. The highest BCUT2D eigenvalue weighted by Gasteiger charge is 2.24. The molecule has 0 aliphatic carbocycles. The van der Waals surface area contributed by atoms with Crippen molar-refractivity contribution in [2.45, 2.75) is 24.0 Å². The lowest BCUT2D eigenvalue weighted by atomic mass is 10.0. The number of aryl methyl sites for hydroxylation is 1. The summed E-state index contributed by atoms with van der Waals surface area (Å²) in [7, 11) is 1.31. The van der Waals surface area contributed by atoms with Gasteiger partial charge in [-0.15, -0.1) is 34.4 Å². The molecule has 2 aromatic heterocycles. The molecule has 238 valence electrons. The van der Waals surface area contributed by atoms with Crippen molar-refractivity contribution in [3.05, 3.63) is 129 Å². The zero-order chi connectivity index (χ0) is 33.3. The third-order valence-corrected chi connectivity index (χ3v) is 9.72. The Morgan fingerprint density at radius 2 is 1.64 bits per heavy atom. The van der Waals surface area contributed by atoms with Gasteiger partial charge in [-0.3, -0.25) is 14.4 Å². The zero-order valence-electron chi connectivity index (χ0n) is 25.7. The van der Waals surface area contributed by atoms with E-state index in [0.717, 1.165) is 20.9 Å². The van der Waals surface area contributed by atoms with Crippen molar-refractivity contribution in [2.24, 2.45) is 0 Å². The van der Waals surface area contributed by atoms with E-state index in [1.54, 1.807) is 55.5 Å². The second kappa shape index (κ2) is 15.5. The average Bonchev–Trinajstić information content (AvgIpc) is 3.75. The van der Waals surface area contributed by atoms with Gasteiger partial charge in [0.15, 0.2) is 0 Å². The van der Waals surface area contributed by atoms with Crippen molar-refractivity contribution < 1.29 is 23.9 Å². The summed E-state index contributed by atoms with van der Waals surface area (Å²) in [4.78, 5) is 53.9. The van der Waals surface area contributed by atoms with E-state index in [2.05, 4.69) is 16.0 Å². The van der Waals surface area contributed by atoms with Gasteiger partial charge in [-0.05, 0) is 67.3 Å². The van der Waals surface area contributed by atoms with Gasteiger partial charge < -0.3 is 20.7 Å². The molecule has 0 saturated heterocycles. The minimum absolute atomic E-state index is 0.0921. The first-order valence-electron chi connectivity index (χ1n) is 14.5. The van der Waals surface area contributed by atoms with Crippen molar-refractivity contribution in [2.75, 3.05) is 17.7 Å². The second-order valence-corrected chi connectivity index (χ2v) is 13.6. The molecule has 1 unspecified atom stereocenters. The quantitative estimate of drug-likeness (QED) is 0.0738. The maximum atomic E-state index is 13.4. The zero-order valence-corrected chi connectivity index (χ0v) is 28.2. The molecule has 0 radical (unpaired) electrons. The Morgan fingerprint density at radius 1 is 0.872 bits per heavy atom. The molecule has 11 heteroatoms. The highest BCUT2D eigenvalue weighted by atomic mass is 32.2. The predicted molar refractivity (Wildman–Crippen MR) is 191 cm³/mol. The Morgan fingerprint density at radius 3 is 2.34 bits per heavy atom. The van der Waals surface area contributed by atoms with Gasteiger partial charge in [0.25, 0.3) is 11.8 Å². The monoisotopic (exact) mass is 681 g/mol. The molecule has 2 heterocycles. The average molecular weight is 682 g/mol. The van der Waals surface area contributed by atoms with Crippen molar-refractivity contribution in [3.63, 3.8) is 0 Å². The van der Waals surface area contributed by atoms with Gasteiger partial charge in [0, 0.05) is 32.0 Å². The Bertz CT molecular complexity index is 1920. The third kappa shape index (κ3) is 8.64. The Labute approximate surface area is 284 Å². The van der Waals surface area contributed by atoms with E-state index in [1.165, 1.54) is 41.5 Å². The van der Waals surface area contributed by atoms with E-state index in [-0.39, 0.29) is 11.6 Å². The van der Waals surface area contributed by atoms with E-state index >= 15 is 0 Å². The molecule has 5 aromatic rings. The molecule has 3 N–H and O–H groups in total. The molecule has 3 aromatic carbocycles. The minimum atomic E-state index is -0.546. The van der Waals surface area contributed by atoms with Gasteiger partial charge in [-0.2, -0.15) is 0 Å². The van der Waals surface area contributed by atoms with Gasteiger partial charge in [0.2, 0.25) is 5.91 Å². The van der Waals surface area contributed by atoms with Crippen LogP contribution in [0.25, 0.3) is 17.2 Å². The molecule has 3 amide bonds. The minimum Gasteiger partial charge on any atom is -0.465 e. The number of ether oxygens (including phenoxy) is 1. The van der Waals surface area contributed by atoms with E-state index in [0.29, 0.717) is 27.4 Å². The molecule has 0 aliphatic heterocycles. The lowest BCUT2D eigenvalue weighted by Crippen LogP contribution is -2.30. The first kappa shape index (κ1) is 33.4. The number of hydrogen-bond acceptors (Lipinski definition) is 8. The largest absolute Gasteiger partial charge is 0.465 e. The summed E-state index contributed by atoms with van der Waals surface area (Å²) in [5, 5.41) is 12.1. The Kier molecular flexibility index (Phi) is 11.0. The number of benzene rings is 3. The van der Waals surface area contributed by atoms with E-state index in [9.17, 15) is 19.2 Å². The molecule has 0 spiro atoms. The molecular weight excluding hydrogens is 651 g/mol. The van der Waals surface area contributed by atoms with Crippen LogP contribution in [0.1, 0.15) is 38.1 Å². The number of esters is 1. The van der Waals surface area contributed by atoms with Crippen molar-refractivity contribution in [1.29, 1.82) is 0 Å². The molecule has 1 atom stereocenters. The molecular formula is C36H31N3O5S3. The van der Waals surface area contributed by atoms with Crippen LogP contribution in [0, 0.1) is 6.92 Å². The fraction of sp³-hybridized carbons (Fsp3) is 0.111. The third-order valence-electron chi connectivity index (χ3n) is 6.91. The molecule has 8 nitrogen and oxygen atoms in total. The van der Waals surface area contributed by atoms with Crippen LogP contribution in [0.15, 0.2) is 112 Å². The van der Waals surface area contributed by atoms with Gasteiger partial charge >= 0.3 is 5.97 Å². The first-order valence-corrected chi connectivity index (χ1v) is 17.1. The van der Waals surface area contributed by atoms with E-state index < -0.39 is 23.0 Å². The van der Waals surface area contributed by atoms with Crippen LogP contribution in [0.5, 0.6) is 0 Å². The number of methoxy groups -OCH3 is 1. The lowest BCUT2D eigenvalue weighted by Gasteiger charge is -2.14. The van der Waals surface area contributed by atoms with Crippen LogP contribution in [0.3, 0.4) is 0 Å². The Hall–Kier alpha value is -4.97. The summed E-state index contributed by atoms with van der Waals surface area (Å²) in [5.74, 6) is -1.72. The van der Waals surface area contributed by atoms with E-state index in [4.69, 9.17) is 4.74 Å². The first-order chi connectivity index (χ1) is 22.7. The van der Waals surface area contributed by atoms with Crippen molar-refractivity contribution in [3.8, 4) is 11.1 Å². The fourth-order valence-corrected chi connectivity index (χ4v) is 7.02. The maximum absolute atomic E-state index is 13.4. The van der Waals surface area contributed by atoms with Crippen LogP contribution < -0.4 is 16.0 Å². The number of amides is 3. The van der Waals surface area contributed by atoms with Crippen LogP contribution in [0.4, 0.5) is 10.7 Å². The van der Waals surface area contributed by atoms with Gasteiger partial charge in [-0.1, -0.05) is 60.2 Å².